The molecule has 0 spiro atoms. The molecule has 1 fully saturated rings. The number of amides is 1. The molecule has 0 saturated carbocycles. The minimum Gasteiger partial charge on any atom is -0.487 e. The van der Waals surface area contributed by atoms with Crippen LogP contribution in [0, 0.1) is 13.8 Å². The van der Waals surface area contributed by atoms with Crippen LogP contribution in [0.2, 0.25) is 0 Å². The zero-order valence-corrected chi connectivity index (χ0v) is 11.4. The molecule has 0 bridgehead atoms. The molecule has 0 aliphatic carbocycles. The van der Waals surface area contributed by atoms with Crippen LogP contribution in [0.15, 0.2) is 28.9 Å². The minimum atomic E-state index is -0.118. The van der Waals surface area contributed by atoms with E-state index in [1.807, 2.05) is 19.1 Å². The molecule has 1 aliphatic rings. The summed E-state index contributed by atoms with van der Waals surface area (Å²) in [6.45, 7) is 4.80. The molecule has 2 aromatic heterocycles. The van der Waals surface area contributed by atoms with Crippen molar-refractivity contribution < 1.29 is 14.1 Å². The van der Waals surface area contributed by atoms with Gasteiger partial charge in [0.05, 0.1) is 13.1 Å². The van der Waals surface area contributed by atoms with E-state index in [-0.39, 0.29) is 12.0 Å². The Morgan fingerprint density at radius 1 is 1.40 bits per heavy atom. The predicted molar refractivity (Wildman–Crippen MR) is 70.5 cm³/mol. The Balaban J connectivity index is 1.55. The quantitative estimate of drug-likeness (QED) is 0.849. The van der Waals surface area contributed by atoms with Gasteiger partial charge in [-0.15, -0.1) is 0 Å². The van der Waals surface area contributed by atoms with E-state index in [2.05, 4.69) is 10.1 Å². The van der Waals surface area contributed by atoms with Crippen molar-refractivity contribution in [2.45, 2.75) is 20.0 Å². The maximum atomic E-state index is 12.0. The van der Waals surface area contributed by atoms with E-state index >= 15 is 0 Å². The van der Waals surface area contributed by atoms with Gasteiger partial charge in [-0.05, 0) is 19.9 Å². The smallest absolute Gasteiger partial charge is 0.276 e. The highest BCUT2D eigenvalue weighted by molar-refractivity contribution is 5.92. The number of rotatable bonds is 3. The SMILES string of the molecule is Cc1cc(OC2CN(C(=O)c3cc(C)on3)C2)ccn1. The van der Waals surface area contributed by atoms with E-state index in [9.17, 15) is 4.79 Å². The maximum Gasteiger partial charge on any atom is 0.276 e. The lowest BCUT2D eigenvalue weighted by atomic mass is 10.1. The van der Waals surface area contributed by atoms with Crippen LogP contribution in [0.25, 0.3) is 0 Å². The topological polar surface area (TPSA) is 68.5 Å². The molecule has 3 rings (SSSR count). The van der Waals surface area contributed by atoms with E-state index in [0.29, 0.717) is 24.5 Å². The number of hydrogen-bond donors (Lipinski definition) is 0. The van der Waals surface area contributed by atoms with Crippen LogP contribution in [0.3, 0.4) is 0 Å². The molecule has 0 aromatic carbocycles. The van der Waals surface area contributed by atoms with Gasteiger partial charge in [0.2, 0.25) is 0 Å². The Kier molecular flexibility index (Phi) is 3.14. The van der Waals surface area contributed by atoms with Gasteiger partial charge in [0.25, 0.3) is 5.91 Å². The highest BCUT2D eigenvalue weighted by Gasteiger charge is 2.34. The molecule has 1 amide bonds. The number of carbonyl (C=O) groups excluding carboxylic acids is 1. The summed E-state index contributed by atoms with van der Waals surface area (Å²) >= 11 is 0. The van der Waals surface area contributed by atoms with Gasteiger partial charge in [0.15, 0.2) is 5.69 Å². The highest BCUT2D eigenvalue weighted by atomic mass is 16.5. The second kappa shape index (κ2) is 4.96. The van der Waals surface area contributed by atoms with Crippen molar-refractivity contribution in [3.8, 4) is 5.75 Å². The van der Waals surface area contributed by atoms with Crippen LogP contribution in [0.5, 0.6) is 5.75 Å². The fraction of sp³-hybridized carbons (Fsp3) is 0.357. The molecule has 0 unspecified atom stereocenters. The minimum absolute atomic E-state index is 0.0220. The molecule has 1 aliphatic heterocycles. The van der Waals surface area contributed by atoms with E-state index < -0.39 is 0 Å². The first-order valence-electron chi connectivity index (χ1n) is 6.44. The second-order valence-corrected chi connectivity index (χ2v) is 4.91. The van der Waals surface area contributed by atoms with Crippen molar-refractivity contribution in [2.24, 2.45) is 0 Å². The average molecular weight is 273 g/mol. The van der Waals surface area contributed by atoms with Gasteiger partial charge < -0.3 is 14.2 Å². The van der Waals surface area contributed by atoms with Crippen LogP contribution < -0.4 is 4.74 Å². The third kappa shape index (κ3) is 2.49. The van der Waals surface area contributed by atoms with Gasteiger partial charge >= 0.3 is 0 Å². The molecule has 20 heavy (non-hydrogen) atoms. The number of aromatic nitrogens is 2. The van der Waals surface area contributed by atoms with Crippen LogP contribution in [-0.2, 0) is 0 Å². The Labute approximate surface area is 116 Å². The lowest BCUT2D eigenvalue weighted by Crippen LogP contribution is -2.56. The largest absolute Gasteiger partial charge is 0.487 e. The van der Waals surface area contributed by atoms with E-state index in [1.54, 1.807) is 24.1 Å². The summed E-state index contributed by atoms with van der Waals surface area (Å²) in [5.74, 6) is 1.30. The molecule has 104 valence electrons. The van der Waals surface area contributed by atoms with E-state index in [4.69, 9.17) is 9.26 Å². The number of pyridine rings is 1. The molecule has 0 radical (unpaired) electrons. The third-order valence-corrected chi connectivity index (χ3v) is 3.15. The molecular weight excluding hydrogens is 258 g/mol. The van der Waals surface area contributed by atoms with Crippen LogP contribution in [0.4, 0.5) is 0 Å². The summed E-state index contributed by atoms with van der Waals surface area (Å²) in [4.78, 5) is 17.8. The van der Waals surface area contributed by atoms with Gasteiger partial charge in [-0.25, -0.2) is 0 Å². The number of nitrogens with zero attached hydrogens (tertiary/aromatic N) is 3. The van der Waals surface area contributed by atoms with E-state index in [1.165, 1.54) is 0 Å². The molecule has 3 heterocycles. The number of aryl methyl sites for hydroxylation is 2. The van der Waals surface area contributed by atoms with Gasteiger partial charge in [0, 0.05) is 24.0 Å². The van der Waals surface area contributed by atoms with Crippen LogP contribution >= 0.6 is 0 Å². The fourth-order valence-corrected chi connectivity index (χ4v) is 2.09. The van der Waals surface area contributed by atoms with E-state index in [0.717, 1.165) is 11.4 Å². The average Bonchev–Trinajstić information content (AvgIpc) is 2.79. The van der Waals surface area contributed by atoms with Crippen molar-refractivity contribution in [1.29, 1.82) is 0 Å². The second-order valence-electron chi connectivity index (χ2n) is 4.91. The summed E-state index contributed by atoms with van der Waals surface area (Å²) in [6, 6.07) is 5.34. The summed E-state index contributed by atoms with van der Waals surface area (Å²) in [7, 11) is 0. The number of carbonyl (C=O) groups is 1. The van der Waals surface area contributed by atoms with Crippen molar-refractivity contribution in [3.63, 3.8) is 0 Å². The van der Waals surface area contributed by atoms with Gasteiger partial charge in [-0.2, -0.15) is 0 Å². The van der Waals surface area contributed by atoms with Gasteiger partial charge in [-0.3, -0.25) is 9.78 Å². The first kappa shape index (κ1) is 12.7. The van der Waals surface area contributed by atoms with Crippen molar-refractivity contribution in [3.05, 3.63) is 41.5 Å². The molecule has 6 heteroatoms. The van der Waals surface area contributed by atoms with Gasteiger partial charge in [0.1, 0.15) is 17.6 Å². The first-order chi connectivity index (χ1) is 9.61. The monoisotopic (exact) mass is 273 g/mol. The van der Waals surface area contributed by atoms with Crippen molar-refractivity contribution in [1.82, 2.24) is 15.0 Å². The Hall–Kier alpha value is -2.37. The molecule has 1 saturated heterocycles. The molecular formula is C14H15N3O3. The first-order valence-corrected chi connectivity index (χ1v) is 6.44. The number of likely N-dealkylation sites (tertiary alicyclic amines) is 1. The number of hydrogen-bond acceptors (Lipinski definition) is 5. The van der Waals surface area contributed by atoms with Crippen molar-refractivity contribution >= 4 is 5.91 Å². The molecule has 6 nitrogen and oxygen atoms in total. The molecule has 0 N–H and O–H groups in total. The standard InChI is InChI=1S/C14H15N3O3/c1-9-5-11(3-4-15-9)19-12-7-17(8-12)14(18)13-6-10(2)20-16-13/h3-6,12H,7-8H2,1-2H3. The highest BCUT2D eigenvalue weighted by Crippen LogP contribution is 2.20. The predicted octanol–water partition coefficient (Wildman–Crippen LogP) is 1.59. The van der Waals surface area contributed by atoms with Crippen molar-refractivity contribution in [2.75, 3.05) is 13.1 Å². The summed E-state index contributed by atoms with van der Waals surface area (Å²) in [5, 5.41) is 3.72. The summed E-state index contributed by atoms with van der Waals surface area (Å²) < 4.78 is 10.7. The zero-order valence-electron chi connectivity index (χ0n) is 11.4. The van der Waals surface area contributed by atoms with Gasteiger partial charge in [-0.1, -0.05) is 5.16 Å². The summed E-state index contributed by atoms with van der Waals surface area (Å²) in [6.07, 6.45) is 1.73. The molecule has 0 atom stereocenters. The third-order valence-electron chi connectivity index (χ3n) is 3.15. The normalized spacial score (nSPS) is 15.0. The van der Waals surface area contributed by atoms with Crippen LogP contribution in [-0.4, -0.2) is 40.1 Å². The Bertz CT molecular complexity index is 632. The Morgan fingerprint density at radius 3 is 2.85 bits per heavy atom. The maximum absolute atomic E-state index is 12.0. The molecule has 2 aromatic rings. The lowest BCUT2D eigenvalue weighted by Gasteiger charge is -2.38. The summed E-state index contributed by atoms with van der Waals surface area (Å²) in [5.41, 5.74) is 1.26. The Morgan fingerprint density at radius 2 is 2.20 bits per heavy atom. The fourth-order valence-electron chi connectivity index (χ4n) is 2.09. The van der Waals surface area contributed by atoms with Crippen LogP contribution in [0.1, 0.15) is 21.9 Å². The lowest BCUT2D eigenvalue weighted by molar-refractivity contribution is 0.0170. The number of ether oxygens (including phenoxy) is 1. The zero-order chi connectivity index (χ0) is 14.1.